The van der Waals surface area contributed by atoms with Crippen molar-refractivity contribution in [3.8, 4) is 0 Å². The fourth-order valence-electron chi connectivity index (χ4n) is 0.998. The van der Waals surface area contributed by atoms with E-state index in [0.717, 1.165) is 0 Å². The molecule has 0 aromatic carbocycles. The molecule has 6 heteroatoms. The van der Waals surface area contributed by atoms with Crippen LogP contribution >= 0.6 is 0 Å². The van der Waals surface area contributed by atoms with E-state index in [0.29, 0.717) is 4.90 Å². The summed E-state index contributed by atoms with van der Waals surface area (Å²) >= 11 is 0. The molecule has 68 valence electrons. The zero-order valence-corrected chi connectivity index (χ0v) is 6.02. The first-order valence-corrected chi connectivity index (χ1v) is 3.25. The molecular weight excluding hydrogens is 175 g/mol. The van der Waals surface area contributed by atoms with Crippen LogP contribution < -0.4 is 0 Å². The Morgan fingerprint density at radius 2 is 1.92 bits per heavy atom. The van der Waals surface area contributed by atoms with Crippen molar-refractivity contribution in [1.82, 2.24) is 4.90 Å². The molecule has 1 saturated heterocycles. The first-order valence-electron chi connectivity index (χ1n) is 3.25. The number of carbonyl (C=O) groups is 2. The summed E-state index contributed by atoms with van der Waals surface area (Å²) in [5, 5.41) is 0. The first kappa shape index (κ1) is 9.02. The average Bonchev–Trinajstić information content (AvgIpc) is 2.06. The number of alkyl halides is 3. The van der Waals surface area contributed by atoms with Gasteiger partial charge in [0.25, 0.3) is 0 Å². The molecule has 1 heterocycles. The van der Waals surface area contributed by atoms with Crippen molar-refractivity contribution < 1.29 is 22.8 Å². The van der Waals surface area contributed by atoms with Crippen LogP contribution in [0.4, 0.5) is 13.2 Å². The molecule has 0 spiro atoms. The second kappa shape index (κ2) is 2.76. The molecule has 1 aliphatic rings. The van der Waals surface area contributed by atoms with Crippen LogP contribution in [-0.2, 0) is 9.59 Å². The fourth-order valence-corrected chi connectivity index (χ4v) is 0.998. The fraction of sp³-hybridized carbons (Fsp3) is 0.667. The molecule has 0 unspecified atom stereocenters. The number of likely N-dealkylation sites (tertiary alicyclic amines) is 1. The molecule has 0 aromatic rings. The van der Waals surface area contributed by atoms with Crippen LogP contribution in [0.2, 0.25) is 0 Å². The zero-order valence-electron chi connectivity index (χ0n) is 6.02. The Bertz CT molecular complexity index is 223. The van der Waals surface area contributed by atoms with Crippen LogP contribution in [0.3, 0.4) is 0 Å². The Morgan fingerprint density at radius 3 is 2.25 bits per heavy atom. The summed E-state index contributed by atoms with van der Waals surface area (Å²) in [5.41, 5.74) is 0. The van der Waals surface area contributed by atoms with E-state index in [1.54, 1.807) is 0 Å². The molecule has 0 N–H and O–H groups in total. The Hall–Kier alpha value is -1.07. The molecule has 1 rings (SSSR count). The van der Waals surface area contributed by atoms with Gasteiger partial charge in [-0.15, -0.1) is 0 Å². The van der Waals surface area contributed by atoms with Crippen LogP contribution in [0.1, 0.15) is 6.42 Å². The highest BCUT2D eigenvalue weighted by Gasteiger charge is 2.37. The average molecular weight is 181 g/mol. The monoisotopic (exact) mass is 181 g/mol. The van der Waals surface area contributed by atoms with E-state index in [9.17, 15) is 22.8 Å². The van der Waals surface area contributed by atoms with Crippen LogP contribution in [-0.4, -0.2) is 35.9 Å². The van der Waals surface area contributed by atoms with E-state index < -0.39 is 37.4 Å². The third-order valence-electron chi connectivity index (χ3n) is 1.44. The molecular formula is C6H6F3NO2. The number of hydrogen-bond donors (Lipinski definition) is 0. The largest absolute Gasteiger partial charge is 0.406 e. The van der Waals surface area contributed by atoms with Gasteiger partial charge in [0.05, 0.1) is 13.0 Å². The van der Waals surface area contributed by atoms with Crippen molar-refractivity contribution in [3.05, 3.63) is 0 Å². The predicted molar refractivity (Wildman–Crippen MR) is 32.3 cm³/mol. The molecule has 0 atom stereocenters. The number of ketones is 1. The second-order valence-electron chi connectivity index (χ2n) is 2.58. The number of hydrogen-bond acceptors (Lipinski definition) is 2. The van der Waals surface area contributed by atoms with Crippen molar-refractivity contribution in [2.75, 3.05) is 13.1 Å². The number of halogens is 3. The molecule has 1 fully saturated rings. The maximum absolute atomic E-state index is 11.7. The Balaban J connectivity index is 2.54. The van der Waals surface area contributed by atoms with Gasteiger partial charge in [-0.05, 0) is 0 Å². The lowest BCUT2D eigenvalue weighted by Gasteiger charge is -2.16. The molecule has 0 saturated carbocycles. The molecule has 1 amide bonds. The standard InChI is InChI=1S/C6H6F3NO2/c7-6(8,9)3-10-2-4(11)1-5(10)12/h1-3H2. The van der Waals surface area contributed by atoms with E-state index in [2.05, 4.69) is 0 Å². The van der Waals surface area contributed by atoms with Gasteiger partial charge in [0.2, 0.25) is 5.91 Å². The van der Waals surface area contributed by atoms with Gasteiger partial charge in [0.15, 0.2) is 5.78 Å². The number of rotatable bonds is 1. The maximum atomic E-state index is 11.7. The Labute approximate surface area is 66.1 Å². The highest BCUT2D eigenvalue weighted by molar-refractivity contribution is 6.05. The lowest BCUT2D eigenvalue weighted by atomic mass is 10.3. The van der Waals surface area contributed by atoms with Crippen molar-refractivity contribution in [2.45, 2.75) is 12.6 Å². The lowest BCUT2D eigenvalue weighted by Crippen LogP contribution is -2.35. The molecule has 0 aromatic heterocycles. The molecule has 0 aliphatic carbocycles. The summed E-state index contributed by atoms with van der Waals surface area (Å²) in [7, 11) is 0. The summed E-state index contributed by atoms with van der Waals surface area (Å²) in [6.07, 6.45) is -4.81. The SMILES string of the molecule is O=C1CC(=O)N(CC(F)(F)F)C1. The Kier molecular flexibility index (Phi) is 2.08. The van der Waals surface area contributed by atoms with Crippen LogP contribution in [0, 0.1) is 0 Å². The molecule has 12 heavy (non-hydrogen) atoms. The third-order valence-corrected chi connectivity index (χ3v) is 1.44. The quantitative estimate of drug-likeness (QED) is 0.547. The van der Waals surface area contributed by atoms with Gasteiger partial charge >= 0.3 is 6.18 Å². The van der Waals surface area contributed by atoms with Crippen LogP contribution in [0.15, 0.2) is 0 Å². The normalized spacial score (nSPS) is 19.1. The van der Waals surface area contributed by atoms with Crippen molar-refractivity contribution >= 4 is 11.7 Å². The van der Waals surface area contributed by atoms with Gasteiger partial charge < -0.3 is 4.90 Å². The topological polar surface area (TPSA) is 37.4 Å². The minimum Gasteiger partial charge on any atom is -0.326 e. The zero-order chi connectivity index (χ0) is 9.35. The number of carbonyl (C=O) groups excluding carboxylic acids is 2. The van der Waals surface area contributed by atoms with Crippen LogP contribution in [0.5, 0.6) is 0 Å². The number of Topliss-reactive ketones (excluding diaryl/α,β-unsaturated/α-hetero) is 1. The summed E-state index contributed by atoms with van der Waals surface area (Å²) in [6, 6.07) is 0. The van der Waals surface area contributed by atoms with Crippen molar-refractivity contribution in [1.29, 1.82) is 0 Å². The molecule has 0 radical (unpaired) electrons. The Morgan fingerprint density at radius 1 is 1.33 bits per heavy atom. The van der Waals surface area contributed by atoms with E-state index in [1.807, 2.05) is 0 Å². The summed E-state index contributed by atoms with van der Waals surface area (Å²) in [6.45, 7) is -1.73. The van der Waals surface area contributed by atoms with Gasteiger partial charge in [0, 0.05) is 0 Å². The van der Waals surface area contributed by atoms with Gasteiger partial charge in [-0.25, -0.2) is 0 Å². The van der Waals surface area contributed by atoms with Crippen molar-refractivity contribution in [2.24, 2.45) is 0 Å². The number of nitrogens with zero attached hydrogens (tertiary/aromatic N) is 1. The second-order valence-corrected chi connectivity index (χ2v) is 2.58. The third kappa shape index (κ3) is 2.21. The number of amides is 1. The maximum Gasteiger partial charge on any atom is 0.406 e. The lowest BCUT2D eigenvalue weighted by molar-refractivity contribution is -0.157. The van der Waals surface area contributed by atoms with E-state index >= 15 is 0 Å². The van der Waals surface area contributed by atoms with Gasteiger partial charge in [0.1, 0.15) is 6.54 Å². The highest BCUT2D eigenvalue weighted by atomic mass is 19.4. The smallest absolute Gasteiger partial charge is 0.326 e. The summed E-state index contributed by atoms with van der Waals surface area (Å²) in [5.74, 6) is -1.19. The van der Waals surface area contributed by atoms with E-state index in [4.69, 9.17) is 0 Å². The van der Waals surface area contributed by atoms with E-state index in [1.165, 1.54) is 0 Å². The van der Waals surface area contributed by atoms with Gasteiger partial charge in [-0.1, -0.05) is 0 Å². The van der Waals surface area contributed by atoms with Gasteiger partial charge in [-0.2, -0.15) is 13.2 Å². The van der Waals surface area contributed by atoms with Crippen molar-refractivity contribution in [3.63, 3.8) is 0 Å². The molecule has 3 nitrogen and oxygen atoms in total. The summed E-state index contributed by atoms with van der Waals surface area (Å²) < 4.78 is 35.1. The molecule has 1 aliphatic heterocycles. The first-order chi connectivity index (χ1) is 5.38. The highest BCUT2D eigenvalue weighted by Crippen LogP contribution is 2.19. The molecule has 0 bridgehead atoms. The van der Waals surface area contributed by atoms with Gasteiger partial charge in [-0.3, -0.25) is 9.59 Å². The van der Waals surface area contributed by atoms with Crippen LogP contribution in [0.25, 0.3) is 0 Å². The minimum atomic E-state index is -4.42. The van der Waals surface area contributed by atoms with E-state index in [-0.39, 0.29) is 0 Å². The summed E-state index contributed by atoms with van der Waals surface area (Å²) in [4.78, 5) is 21.7. The predicted octanol–water partition coefficient (Wildman–Crippen LogP) is 0.350. The minimum absolute atomic E-state index is 0.393.